The molecule has 0 fully saturated rings. The topological polar surface area (TPSA) is 79.3 Å². The number of carbonyl (C=O) groups excluding carboxylic acids is 2. The van der Waals surface area contributed by atoms with E-state index in [2.05, 4.69) is 10.3 Å². The van der Waals surface area contributed by atoms with Crippen LogP contribution in [-0.2, 0) is 9.59 Å². The molecule has 0 spiro atoms. The van der Waals surface area contributed by atoms with Crippen LogP contribution in [0.2, 0.25) is 0 Å². The number of aromatic nitrogens is 1. The molecule has 1 aromatic carbocycles. The van der Waals surface area contributed by atoms with E-state index in [1.54, 1.807) is 25.4 Å². The van der Waals surface area contributed by atoms with Crippen molar-refractivity contribution in [2.45, 2.75) is 38.7 Å². The SMILES string of the molecule is CC(=O)C1=C(Nc2ccccc2)CC(C)(O)C(C(C)=O)C1c1cccnc1. The van der Waals surface area contributed by atoms with Gasteiger partial charge >= 0.3 is 0 Å². The van der Waals surface area contributed by atoms with Gasteiger partial charge in [-0.25, -0.2) is 0 Å². The van der Waals surface area contributed by atoms with Crippen molar-refractivity contribution in [3.63, 3.8) is 0 Å². The number of nitrogens with zero attached hydrogens (tertiary/aromatic N) is 1. The number of anilines is 1. The molecule has 0 amide bonds. The van der Waals surface area contributed by atoms with E-state index in [-0.39, 0.29) is 18.0 Å². The van der Waals surface area contributed by atoms with Crippen molar-refractivity contribution in [2.24, 2.45) is 5.92 Å². The molecule has 0 bridgehead atoms. The van der Waals surface area contributed by atoms with Gasteiger partial charge in [0.1, 0.15) is 5.78 Å². The Labute approximate surface area is 159 Å². The van der Waals surface area contributed by atoms with E-state index >= 15 is 0 Å². The molecule has 3 rings (SSSR count). The van der Waals surface area contributed by atoms with Crippen molar-refractivity contribution >= 4 is 17.3 Å². The number of ketones is 2. The highest BCUT2D eigenvalue weighted by atomic mass is 16.3. The fourth-order valence-corrected chi connectivity index (χ4v) is 4.11. The number of hydrogen-bond acceptors (Lipinski definition) is 5. The third kappa shape index (κ3) is 3.83. The molecule has 3 unspecified atom stereocenters. The fraction of sp³-hybridized carbons (Fsp3) is 0.318. The number of pyridine rings is 1. The van der Waals surface area contributed by atoms with Gasteiger partial charge in [-0.3, -0.25) is 14.6 Å². The van der Waals surface area contributed by atoms with Gasteiger partial charge in [-0.2, -0.15) is 0 Å². The molecule has 0 aliphatic heterocycles. The van der Waals surface area contributed by atoms with E-state index in [1.165, 1.54) is 13.8 Å². The van der Waals surface area contributed by atoms with Gasteiger partial charge in [-0.15, -0.1) is 0 Å². The van der Waals surface area contributed by atoms with Crippen molar-refractivity contribution in [2.75, 3.05) is 5.32 Å². The predicted molar refractivity (Wildman–Crippen MR) is 104 cm³/mol. The van der Waals surface area contributed by atoms with Crippen LogP contribution >= 0.6 is 0 Å². The summed E-state index contributed by atoms with van der Waals surface area (Å²) in [7, 11) is 0. The van der Waals surface area contributed by atoms with Crippen molar-refractivity contribution < 1.29 is 14.7 Å². The van der Waals surface area contributed by atoms with Crippen molar-refractivity contribution in [1.29, 1.82) is 0 Å². The first-order chi connectivity index (χ1) is 12.8. The maximum Gasteiger partial charge on any atom is 0.158 e. The summed E-state index contributed by atoms with van der Waals surface area (Å²) in [5, 5.41) is 14.5. The lowest BCUT2D eigenvalue weighted by atomic mass is 9.64. The van der Waals surface area contributed by atoms with Crippen LogP contribution < -0.4 is 5.32 Å². The lowest BCUT2D eigenvalue weighted by Gasteiger charge is -2.43. The van der Waals surface area contributed by atoms with Crippen LogP contribution in [0, 0.1) is 5.92 Å². The predicted octanol–water partition coefficient (Wildman–Crippen LogP) is 3.48. The molecule has 3 atom stereocenters. The Morgan fingerprint density at radius 3 is 2.41 bits per heavy atom. The van der Waals surface area contributed by atoms with Crippen LogP contribution in [0.3, 0.4) is 0 Å². The third-order valence-electron chi connectivity index (χ3n) is 5.10. The number of hydrogen-bond donors (Lipinski definition) is 2. The average molecular weight is 364 g/mol. The molecule has 1 aromatic heterocycles. The average Bonchev–Trinajstić information content (AvgIpc) is 2.61. The van der Waals surface area contributed by atoms with Crippen LogP contribution in [0.5, 0.6) is 0 Å². The molecule has 1 aliphatic rings. The normalized spacial score (nSPS) is 25.2. The van der Waals surface area contributed by atoms with Crippen LogP contribution in [0.4, 0.5) is 5.69 Å². The fourth-order valence-electron chi connectivity index (χ4n) is 4.11. The van der Waals surface area contributed by atoms with E-state index in [0.717, 1.165) is 11.3 Å². The smallest absolute Gasteiger partial charge is 0.158 e. The zero-order valence-corrected chi connectivity index (χ0v) is 15.8. The van der Waals surface area contributed by atoms with Gasteiger partial charge in [-0.1, -0.05) is 24.3 Å². The zero-order chi connectivity index (χ0) is 19.6. The maximum atomic E-state index is 12.7. The quantitative estimate of drug-likeness (QED) is 0.849. The van der Waals surface area contributed by atoms with Gasteiger partial charge in [0, 0.05) is 41.7 Å². The molecule has 5 heteroatoms. The highest BCUT2D eigenvalue weighted by Crippen LogP contribution is 2.47. The Hall–Kier alpha value is -2.79. The number of carbonyl (C=O) groups is 2. The van der Waals surface area contributed by atoms with Crippen molar-refractivity contribution in [1.82, 2.24) is 4.98 Å². The monoisotopic (exact) mass is 364 g/mol. The Bertz CT molecular complexity index is 873. The van der Waals surface area contributed by atoms with Crippen molar-refractivity contribution in [3.05, 3.63) is 71.7 Å². The second-order valence-corrected chi connectivity index (χ2v) is 7.33. The highest BCUT2D eigenvalue weighted by Gasteiger charge is 2.49. The van der Waals surface area contributed by atoms with Gasteiger partial charge in [-0.05, 0) is 44.5 Å². The maximum absolute atomic E-state index is 12.7. The molecule has 1 heterocycles. The minimum absolute atomic E-state index is 0.121. The first-order valence-electron chi connectivity index (χ1n) is 9.00. The van der Waals surface area contributed by atoms with Crippen LogP contribution in [0.15, 0.2) is 66.1 Å². The third-order valence-corrected chi connectivity index (χ3v) is 5.10. The summed E-state index contributed by atoms with van der Waals surface area (Å²) in [6, 6.07) is 13.1. The number of aliphatic hydroxyl groups is 1. The summed E-state index contributed by atoms with van der Waals surface area (Å²) in [5.74, 6) is -1.54. The molecular weight excluding hydrogens is 340 g/mol. The van der Waals surface area contributed by atoms with E-state index in [1.807, 2.05) is 36.4 Å². The second-order valence-electron chi connectivity index (χ2n) is 7.33. The standard InChI is InChI=1S/C22H24N2O3/c1-14(25)19-18(24-17-9-5-4-6-10-17)12-22(3,27)21(15(2)26)20(19)16-8-7-11-23-13-16/h4-11,13,20-21,24,27H,12H2,1-3H3. The van der Waals surface area contributed by atoms with Gasteiger partial charge in [0.05, 0.1) is 11.5 Å². The summed E-state index contributed by atoms with van der Waals surface area (Å²) >= 11 is 0. The van der Waals surface area contributed by atoms with Crippen LogP contribution in [-0.4, -0.2) is 27.3 Å². The molecular formula is C22H24N2O3. The van der Waals surface area contributed by atoms with Crippen LogP contribution in [0.1, 0.15) is 38.7 Å². The van der Waals surface area contributed by atoms with E-state index in [4.69, 9.17) is 0 Å². The first-order valence-corrected chi connectivity index (χ1v) is 9.00. The molecule has 2 aromatic rings. The number of rotatable bonds is 5. The zero-order valence-electron chi connectivity index (χ0n) is 15.8. The summed E-state index contributed by atoms with van der Waals surface area (Å²) in [6.07, 6.45) is 3.50. The number of nitrogens with one attached hydrogen (secondary N) is 1. The minimum Gasteiger partial charge on any atom is -0.389 e. The summed E-state index contributed by atoms with van der Waals surface area (Å²) < 4.78 is 0. The summed E-state index contributed by atoms with van der Waals surface area (Å²) in [5.41, 5.74) is 1.45. The second kappa shape index (κ2) is 7.45. The van der Waals surface area contributed by atoms with Gasteiger partial charge < -0.3 is 10.4 Å². The Kier molecular flexibility index (Phi) is 5.24. The molecule has 0 radical (unpaired) electrons. The lowest BCUT2D eigenvalue weighted by molar-refractivity contribution is -0.131. The first kappa shape index (κ1) is 19.0. The summed E-state index contributed by atoms with van der Waals surface area (Å²) in [6.45, 7) is 4.63. The van der Waals surface area contributed by atoms with Gasteiger partial charge in [0.25, 0.3) is 0 Å². The number of Topliss-reactive ketones (excluding diaryl/α,β-unsaturated/α-hetero) is 2. The minimum atomic E-state index is -1.29. The molecule has 0 saturated heterocycles. The van der Waals surface area contributed by atoms with Crippen molar-refractivity contribution in [3.8, 4) is 0 Å². The van der Waals surface area contributed by atoms with Gasteiger partial charge in [0.15, 0.2) is 5.78 Å². The molecule has 5 nitrogen and oxygen atoms in total. The van der Waals surface area contributed by atoms with E-state index in [0.29, 0.717) is 11.3 Å². The number of para-hydroxylation sites is 1. The van der Waals surface area contributed by atoms with E-state index < -0.39 is 17.4 Å². The number of benzene rings is 1. The number of allylic oxidation sites excluding steroid dienone is 1. The van der Waals surface area contributed by atoms with Crippen LogP contribution in [0.25, 0.3) is 0 Å². The molecule has 140 valence electrons. The molecule has 2 N–H and O–H groups in total. The Balaban J connectivity index is 2.20. The molecule has 1 aliphatic carbocycles. The lowest BCUT2D eigenvalue weighted by Crippen LogP contribution is -2.48. The van der Waals surface area contributed by atoms with E-state index in [9.17, 15) is 14.7 Å². The largest absolute Gasteiger partial charge is 0.389 e. The molecule has 27 heavy (non-hydrogen) atoms. The Morgan fingerprint density at radius 2 is 1.85 bits per heavy atom. The highest BCUT2D eigenvalue weighted by molar-refractivity contribution is 5.98. The summed E-state index contributed by atoms with van der Waals surface area (Å²) in [4.78, 5) is 29.3. The van der Waals surface area contributed by atoms with Gasteiger partial charge in [0.2, 0.25) is 0 Å². The Morgan fingerprint density at radius 1 is 1.15 bits per heavy atom. The molecule has 0 saturated carbocycles.